The minimum absolute atomic E-state index is 0.150. The first-order chi connectivity index (χ1) is 10.9. The molecule has 1 aliphatic carbocycles. The van der Waals surface area contributed by atoms with Crippen LogP contribution in [-0.2, 0) is 4.79 Å². The highest BCUT2D eigenvalue weighted by molar-refractivity contribution is 8.13. The first-order valence-corrected chi connectivity index (χ1v) is 8.59. The Hall–Kier alpha value is -2.01. The number of allylic oxidation sites excluding steroid dienone is 4. The van der Waals surface area contributed by atoms with Gasteiger partial charge in [-0.15, -0.1) is 0 Å². The van der Waals surface area contributed by atoms with E-state index in [9.17, 15) is 4.79 Å². The van der Waals surface area contributed by atoms with Crippen LogP contribution in [0, 0.1) is 5.41 Å². The molecule has 1 atom stereocenters. The van der Waals surface area contributed by atoms with Gasteiger partial charge in [0.2, 0.25) is 5.95 Å². The molecule has 3 heterocycles. The summed E-state index contributed by atoms with van der Waals surface area (Å²) in [6.07, 6.45) is 17.6. The van der Waals surface area contributed by atoms with Crippen molar-refractivity contribution in [2.24, 2.45) is 5.41 Å². The summed E-state index contributed by atoms with van der Waals surface area (Å²) < 4.78 is 2.12. The van der Waals surface area contributed by atoms with Crippen molar-refractivity contribution < 1.29 is 4.79 Å². The molecule has 0 saturated carbocycles. The topological polar surface area (TPSA) is 38.1 Å². The lowest BCUT2D eigenvalue weighted by atomic mass is 9.88. The van der Waals surface area contributed by atoms with Crippen molar-refractivity contribution in [2.45, 2.75) is 37.8 Å². The number of carbonyl (C=O) groups is 1. The standard InChI is InChI=1S/C18H19N3OS/c1-17(2,3)15(22)23-14-12-19-16-20-11-7-6-10-18(20)9-5-4-8-13(18)21(14)16/h5-12H,4H2,1-3H3. The van der Waals surface area contributed by atoms with Gasteiger partial charge >= 0.3 is 0 Å². The average molecular weight is 325 g/mol. The van der Waals surface area contributed by atoms with Crippen LogP contribution in [0.3, 0.4) is 0 Å². The van der Waals surface area contributed by atoms with Crippen molar-refractivity contribution in [1.29, 1.82) is 0 Å². The van der Waals surface area contributed by atoms with Gasteiger partial charge < -0.3 is 0 Å². The van der Waals surface area contributed by atoms with Crippen LogP contribution in [0.25, 0.3) is 5.70 Å². The monoisotopic (exact) mass is 325 g/mol. The number of hydrogen-bond acceptors (Lipinski definition) is 4. The predicted octanol–water partition coefficient (Wildman–Crippen LogP) is 3.99. The van der Waals surface area contributed by atoms with Crippen LogP contribution < -0.4 is 4.90 Å². The second-order valence-electron chi connectivity index (χ2n) is 6.99. The highest BCUT2D eigenvalue weighted by atomic mass is 32.2. The molecule has 3 aliphatic rings. The van der Waals surface area contributed by atoms with E-state index in [4.69, 9.17) is 0 Å². The quantitative estimate of drug-likeness (QED) is 0.578. The van der Waals surface area contributed by atoms with E-state index in [1.165, 1.54) is 11.8 Å². The summed E-state index contributed by atoms with van der Waals surface area (Å²) in [6.45, 7) is 5.84. The lowest BCUT2D eigenvalue weighted by Crippen LogP contribution is -2.41. The lowest BCUT2D eigenvalue weighted by molar-refractivity contribution is -0.117. The van der Waals surface area contributed by atoms with Crippen molar-refractivity contribution >= 4 is 28.5 Å². The number of carbonyl (C=O) groups excluding carboxylic acids is 1. The van der Waals surface area contributed by atoms with Crippen molar-refractivity contribution in [3.05, 3.63) is 48.9 Å². The van der Waals surface area contributed by atoms with Gasteiger partial charge in [0.1, 0.15) is 10.6 Å². The number of aromatic nitrogens is 2. The summed E-state index contributed by atoms with van der Waals surface area (Å²) in [5, 5.41) is 1.04. The van der Waals surface area contributed by atoms with Gasteiger partial charge in [-0.2, -0.15) is 0 Å². The fraction of sp³-hybridized carbons (Fsp3) is 0.333. The number of anilines is 1. The smallest absolute Gasteiger partial charge is 0.216 e. The third kappa shape index (κ3) is 1.99. The van der Waals surface area contributed by atoms with E-state index in [0.29, 0.717) is 0 Å². The van der Waals surface area contributed by atoms with Crippen molar-refractivity contribution in [3.63, 3.8) is 0 Å². The van der Waals surface area contributed by atoms with Gasteiger partial charge in [0, 0.05) is 11.6 Å². The lowest BCUT2D eigenvalue weighted by Gasteiger charge is -2.35. The van der Waals surface area contributed by atoms with Gasteiger partial charge in [0.05, 0.1) is 11.9 Å². The van der Waals surface area contributed by atoms with Crippen LogP contribution in [0.15, 0.2) is 53.9 Å². The molecule has 4 rings (SSSR count). The maximum absolute atomic E-state index is 12.5. The Morgan fingerprint density at radius 3 is 2.91 bits per heavy atom. The third-order valence-corrected chi connectivity index (χ3v) is 5.60. The number of rotatable bonds is 1. The molecule has 0 bridgehead atoms. The first kappa shape index (κ1) is 14.6. The zero-order valence-corrected chi connectivity index (χ0v) is 14.3. The molecule has 1 spiro atoms. The van der Waals surface area contributed by atoms with Gasteiger partial charge in [-0.05, 0) is 30.3 Å². The van der Waals surface area contributed by atoms with Crippen LogP contribution in [-0.4, -0.2) is 20.2 Å². The van der Waals surface area contributed by atoms with Gasteiger partial charge in [0.25, 0.3) is 0 Å². The van der Waals surface area contributed by atoms with Crippen molar-refractivity contribution in [1.82, 2.24) is 9.55 Å². The van der Waals surface area contributed by atoms with E-state index in [0.717, 1.165) is 23.1 Å². The minimum Gasteiger partial charge on any atom is -0.300 e. The molecule has 2 aliphatic heterocycles. The molecular formula is C18H19N3OS. The SMILES string of the molecule is CC(C)(C)C(=O)Sc1cnc2n1C1=CCC=CC13C=CC=CN23. The predicted molar refractivity (Wildman–Crippen MR) is 94.1 cm³/mol. The van der Waals surface area contributed by atoms with E-state index in [1.54, 1.807) is 6.20 Å². The molecule has 0 fully saturated rings. The number of hydrogen-bond donors (Lipinski definition) is 0. The second-order valence-corrected chi connectivity index (χ2v) is 7.99. The Balaban J connectivity index is 1.81. The van der Waals surface area contributed by atoms with E-state index < -0.39 is 0 Å². The Bertz CT molecular complexity index is 807. The van der Waals surface area contributed by atoms with Crippen molar-refractivity contribution in [2.75, 3.05) is 4.90 Å². The molecule has 5 heteroatoms. The highest BCUT2D eigenvalue weighted by Crippen LogP contribution is 2.49. The number of imidazole rings is 1. The molecule has 1 aromatic rings. The van der Waals surface area contributed by atoms with Crippen LogP contribution in [0.1, 0.15) is 27.2 Å². The second kappa shape index (κ2) is 4.74. The largest absolute Gasteiger partial charge is 0.300 e. The summed E-state index contributed by atoms with van der Waals surface area (Å²) in [7, 11) is 0. The van der Waals surface area contributed by atoms with E-state index in [1.807, 2.05) is 26.8 Å². The maximum Gasteiger partial charge on any atom is 0.216 e. The molecule has 0 amide bonds. The van der Waals surface area contributed by atoms with E-state index in [2.05, 4.69) is 51.0 Å². The van der Waals surface area contributed by atoms with Gasteiger partial charge in [-0.1, -0.05) is 45.1 Å². The molecule has 1 unspecified atom stereocenters. The van der Waals surface area contributed by atoms with Gasteiger partial charge in [-0.25, -0.2) is 4.98 Å². The summed E-state index contributed by atoms with van der Waals surface area (Å²) in [5.41, 5.74) is 0.494. The molecule has 0 saturated heterocycles. The van der Waals surface area contributed by atoms with E-state index >= 15 is 0 Å². The number of nitrogens with zero attached hydrogens (tertiary/aromatic N) is 3. The Labute approximate surface area is 140 Å². The Morgan fingerprint density at radius 2 is 2.13 bits per heavy atom. The number of thioether (sulfide) groups is 1. The summed E-state index contributed by atoms with van der Waals surface area (Å²) >= 11 is 1.28. The first-order valence-electron chi connectivity index (χ1n) is 7.77. The highest BCUT2D eigenvalue weighted by Gasteiger charge is 2.47. The Kier molecular flexibility index (Phi) is 3.00. The summed E-state index contributed by atoms with van der Waals surface area (Å²) in [6, 6.07) is 0. The van der Waals surface area contributed by atoms with Crippen LogP contribution in [0.5, 0.6) is 0 Å². The molecule has 0 aromatic carbocycles. The van der Waals surface area contributed by atoms with Crippen LogP contribution in [0.4, 0.5) is 5.95 Å². The zero-order chi connectivity index (χ0) is 16.2. The van der Waals surface area contributed by atoms with E-state index in [-0.39, 0.29) is 16.1 Å². The maximum atomic E-state index is 12.5. The normalized spacial score (nSPS) is 24.3. The van der Waals surface area contributed by atoms with Crippen molar-refractivity contribution in [3.8, 4) is 0 Å². The molecule has 23 heavy (non-hydrogen) atoms. The molecule has 0 N–H and O–H groups in total. The zero-order valence-electron chi connectivity index (χ0n) is 13.5. The molecule has 0 radical (unpaired) electrons. The fourth-order valence-corrected chi connectivity index (χ4v) is 3.98. The van der Waals surface area contributed by atoms with Crippen LogP contribution in [0.2, 0.25) is 0 Å². The van der Waals surface area contributed by atoms with Gasteiger partial charge in [0.15, 0.2) is 5.12 Å². The number of fused-ring (bicyclic) bond motifs is 3. The molecular weight excluding hydrogens is 306 g/mol. The van der Waals surface area contributed by atoms with Crippen LogP contribution >= 0.6 is 11.8 Å². The Morgan fingerprint density at radius 1 is 1.30 bits per heavy atom. The molecule has 118 valence electrons. The summed E-state index contributed by atoms with van der Waals surface area (Å²) in [4.78, 5) is 19.2. The molecule has 1 aromatic heterocycles. The summed E-state index contributed by atoms with van der Waals surface area (Å²) in [5.74, 6) is 0.868. The van der Waals surface area contributed by atoms with Gasteiger partial charge in [-0.3, -0.25) is 14.3 Å². The average Bonchev–Trinajstić information content (AvgIpc) is 3.02. The molecule has 4 nitrogen and oxygen atoms in total. The third-order valence-electron chi connectivity index (χ3n) is 4.30. The minimum atomic E-state index is -0.376. The fourth-order valence-electron chi connectivity index (χ4n) is 3.11.